The van der Waals surface area contributed by atoms with Gasteiger partial charge in [-0.2, -0.15) is 0 Å². The highest BCUT2D eigenvalue weighted by molar-refractivity contribution is 7.24. The summed E-state index contributed by atoms with van der Waals surface area (Å²) in [6, 6.07) is 10.4. The van der Waals surface area contributed by atoms with Crippen molar-refractivity contribution in [2.45, 2.75) is 18.5 Å². The molecule has 118 valence electrons. The average Bonchev–Trinajstić information content (AvgIpc) is 2.54. The fraction of sp³-hybridized carbons (Fsp3) is 0.158. The molecule has 0 unspecified atom stereocenters. The normalized spacial score (nSPS) is 10.8. The average molecular weight is 326 g/mol. The Morgan fingerprint density at radius 1 is 0.913 bits per heavy atom. The molecule has 0 spiro atoms. The summed E-state index contributed by atoms with van der Waals surface area (Å²) in [7, 11) is -0.0471. The molecule has 0 saturated heterocycles. The first kappa shape index (κ1) is 17.0. The van der Waals surface area contributed by atoms with Crippen molar-refractivity contribution in [2.75, 3.05) is 0 Å². The van der Waals surface area contributed by atoms with Crippen molar-refractivity contribution < 1.29 is 14.8 Å². The number of hydrogen-bond donors (Lipinski definition) is 2. The molecule has 0 amide bonds. The molecule has 0 aliphatic rings. The minimum Gasteiger partial charge on any atom is -0.508 e. The van der Waals surface area contributed by atoms with Crippen LogP contribution in [0.25, 0.3) is 0 Å². The molecule has 4 heteroatoms. The fourth-order valence-electron chi connectivity index (χ4n) is 2.50. The molecular weight excluding hydrogens is 307 g/mol. The molecule has 0 bridgehead atoms. The first-order chi connectivity index (χ1) is 11.1. The molecule has 2 N–H and O–H groups in total. The van der Waals surface area contributed by atoms with E-state index in [1.807, 2.05) is 12.1 Å². The highest BCUT2D eigenvalue weighted by Gasteiger charge is 2.17. The molecule has 2 aromatic carbocycles. The number of phenolic OH excluding ortho intramolecular Hbond substituents is 2. The lowest BCUT2D eigenvalue weighted by atomic mass is 9.98. The molecule has 0 aromatic heterocycles. The summed E-state index contributed by atoms with van der Waals surface area (Å²) in [5, 5.41) is 19.7. The van der Waals surface area contributed by atoms with Crippen LogP contribution in [0, 0.1) is 0 Å². The van der Waals surface area contributed by atoms with Gasteiger partial charge in [0.15, 0.2) is 8.46 Å². The second-order valence-electron chi connectivity index (χ2n) is 5.27. The third kappa shape index (κ3) is 3.88. The standard InChI is InChI=1S/C19H19O3P/c1-3-5-13-11-15(7-9-17(13)20)19(23-22)16-8-10-18(21)14(12-16)6-4-2/h3-4,7-12,19-21H,1-2,5-6H2. The number of rotatable bonds is 7. The van der Waals surface area contributed by atoms with E-state index in [4.69, 9.17) is 0 Å². The van der Waals surface area contributed by atoms with Crippen LogP contribution >= 0.6 is 8.46 Å². The molecule has 0 atom stereocenters. The van der Waals surface area contributed by atoms with E-state index in [0.717, 1.165) is 22.3 Å². The molecule has 3 nitrogen and oxygen atoms in total. The van der Waals surface area contributed by atoms with Crippen LogP contribution < -0.4 is 0 Å². The van der Waals surface area contributed by atoms with Crippen molar-refractivity contribution in [1.29, 1.82) is 0 Å². The van der Waals surface area contributed by atoms with E-state index in [0.29, 0.717) is 12.8 Å². The second-order valence-corrected chi connectivity index (χ2v) is 6.00. The van der Waals surface area contributed by atoms with Gasteiger partial charge < -0.3 is 10.2 Å². The van der Waals surface area contributed by atoms with Crippen molar-refractivity contribution in [3.05, 3.63) is 84.0 Å². The molecule has 23 heavy (non-hydrogen) atoms. The zero-order valence-electron chi connectivity index (χ0n) is 12.8. The van der Waals surface area contributed by atoms with Crippen LogP contribution in [0.4, 0.5) is 0 Å². The summed E-state index contributed by atoms with van der Waals surface area (Å²) in [5.41, 5.74) is 2.81. The predicted octanol–water partition coefficient (Wildman–Crippen LogP) is 4.94. The van der Waals surface area contributed by atoms with Gasteiger partial charge in [-0.3, -0.25) is 4.57 Å². The maximum Gasteiger partial charge on any atom is 0.168 e. The molecule has 0 saturated carbocycles. The zero-order chi connectivity index (χ0) is 16.8. The van der Waals surface area contributed by atoms with Crippen molar-refractivity contribution in [2.24, 2.45) is 0 Å². The Labute approximate surface area is 137 Å². The van der Waals surface area contributed by atoms with E-state index in [-0.39, 0.29) is 25.6 Å². The van der Waals surface area contributed by atoms with Crippen molar-refractivity contribution in [1.82, 2.24) is 0 Å². The van der Waals surface area contributed by atoms with E-state index in [1.165, 1.54) is 0 Å². The van der Waals surface area contributed by atoms with Gasteiger partial charge in [0.05, 0.1) is 5.66 Å². The lowest BCUT2D eigenvalue weighted by Crippen LogP contribution is -1.97. The number of hydrogen-bond acceptors (Lipinski definition) is 3. The van der Waals surface area contributed by atoms with Crippen molar-refractivity contribution in [3.8, 4) is 11.5 Å². The van der Waals surface area contributed by atoms with Crippen LogP contribution in [0.2, 0.25) is 0 Å². The van der Waals surface area contributed by atoms with Gasteiger partial charge in [0.1, 0.15) is 11.5 Å². The Morgan fingerprint density at radius 3 is 1.70 bits per heavy atom. The maximum atomic E-state index is 11.7. The largest absolute Gasteiger partial charge is 0.508 e. The van der Waals surface area contributed by atoms with E-state index >= 15 is 0 Å². The summed E-state index contributed by atoms with van der Waals surface area (Å²) in [5.74, 6) is 0.404. The quantitative estimate of drug-likeness (QED) is 0.560. The van der Waals surface area contributed by atoms with Gasteiger partial charge in [-0.1, -0.05) is 36.4 Å². The number of phenols is 2. The topological polar surface area (TPSA) is 57.5 Å². The van der Waals surface area contributed by atoms with Gasteiger partial charge in [0, 0.05) is 0 Å². The monoisotopic (exact) mass is 326 g/mol. The van der Waals surface area contributed by atoms with Gasteiger partial charge >= 0.3 is 0 Å². The summed E-state index contributed by atoms with van der Waals surface area (Å²) >= 11 is 0. The van der Waals surface area contributed by atoms with Crippen molar-refractivity contribution in [3.63, 3.8) is 0 Å². The van der Waals surface area contributed by atoms with E-state index in [9.17, 15) is 14.8 Å². The van der Waals surface area contributed by atoms with Crippen LogP contribution in [-0.4, -0.2) is 10.2 Å². The predicted molar refractivity (Wildman–Crippen MR) is 93.5 cm³/mol. The summed E-state index contributed by atoms with van der Waals surface area (Å²) < 4.78 is 11.7. The molecule has 2 aromatic rings. The highest BCUT2D eigenvalue weighted by Crippen LogP contribution is 2.37. The number of benzene rings is 2. The second kappa shape index (κ2) is 7.75. The Hall–Kier alpha value is -2.38. The van der Waals surface area contributed by atoms with Gasteiger partial charge in [0.2, 0.25) is 0 Å². The Bertz CT molecular complexity index is 678. The van der Waals surface area contributed by atoms with Crippen LogP contribution in [0.1, 0.15) is 27.9 Å². The molecule has 0 fully saturated rings. The smallest absolute Gasteiger partial charge is 0.168 e. The Kier molecular flexibility index (Phi) is 5.72. The molecule has 0 heterocycles. The zero-order valence-corrected chi connectivity index (χ0v) is 13.7. The summed E-state index contributed by atoms with van der Waals surface area (Å²) in [6.45, 7) is 7.36. The van der Waals surface area contributed by atoms with E-state index in [2.05, 4.69) is 13.2 Å². The first-order valence-corrected chi connectivity index (χ1v) is 8.16. The SMILES string of the molecule is C=CCc1cc(C(P=O)c2ccc(O)c(CC=C)c2)ccc1O. The number of aromatic hydroxyl groups is 2. The summed E-state index contributed by atoms with van der Waals surface area (Å²) in [4.78, 5) is 0. The lowest BCUT2D eigenvalue weighted by Gasteiger charge is -2.14. The van der Waals surface area contributed by atoms with Crippen LogP contribution in [0.15, 0.2) is 61.7 Å². The molecule has 0 aliphatic carbocycles. The molecular formula is C19H19O3P. The Morgan fingerprint density at radius 2 is 1.35 bits per heavy atom. The first-order valence-electron chi connectivity index (χ1n) is 7.28. The molecule has 0 aliphatic heterocycles. The lowest BCUT2D eigenvalue weighted by molar-refractivity contribution is 0.469. The van der Waals surface area contributed by atoms with Crippen LogP contribution in [0.3, 0.4) is 0 Å². The van der Waals surface area contributed by atoms with Crippen molar-refractivity contribution >= 4 is 8.46 Å². The molecule has 2 rings (SSSR count). The highest BCUT2D eigenvalue weighted by atomic mass is 31.1. The third-order valence-electron chi connectivity index (χ3n) is 3.67. The van der Waals surface area contributed by atoms with Crippen LogP contribution in [-0.2, 0) is 17.4 Å². The van der Waals surface area contributed by atoms with Crippen LogP contribution in [0.5, 0.6) is 11.5 Å². The maximum absolute atomic E-state index is 11.7. The minimum atomic E-state index is -0.358. The summed E-state index contributed by atoms with van der Waals surface area (Å²) in [6.07, 6.45) is 4.51. The van der Waals surface area contributed by atoms with Gasteiger partial charge in [-0.25, -0.2) is 0 Å². The van der Waals surface area contributed by atoms with E-state index < -0.39 is 0 Å². The molecule has 0 radical (unpaired) electrons. The minimum absolute atomic E-state index is 0.0471. The fourth-order valence-corrected chi connectivity index (χ4v) is 3.07. The van der Waals surface area contributed by atoms with Gasteiger partial charge in [0.25, 0.3) is 0 Å². The number of allylic oxidation sites excluding steroid dienone is 2. The Balaban J connectivity index is 2.45. The van der Waals surface area contributed by atoms with Gasteiger partial charge in [-0.15, -0.1) is 13.2 Å². The van der Waals surface area contributed by atoms with Gasteiger partial charge in [-0.05, 0) is 47.2 Å². The third-order valence-corrected chi connectivity index (χ3v) is 4.48. The van der Waals surface area contributed by atoms with E-state index in [1.54, 1.807) is 36.4 Å².